The molecule has 0 aliphatic heterocycles. The zero-order valence-corrected chi connectivity index (χ0v) is 12.6. The standard InChI is InChI=1S/C14H20Cl2O2/c1-4-9(5-2)13(17)11-7-10(15)8-12(16)14(11)18-6-3/h7-9,13,17H,4-6H2,1-3H3. The van der Waals surface area contributed by atoms with Crippen LogP contribution in [0.25, 0.3) is 0 Å². The second-order valence-corrected chi connectivity index (χ2v) is 5.10. The third-order valence-electron chi connectivity index (χ3n) is 3.14. The minimum atomic E-state index is -0.599. The van der Waals surface area contributed by atoms with E-state index in [1.165, 1.54) is 0 Å². The van der Waals surface area contributed by atoms with Crippen molar-refractivity contribution in [3.05, 3.63) is 27.7 Å². The maximum absolute atomic E-state index is 10.4. The largest absolute Gasteiger partial charge is 0.492 e. The second kappa shape index (κ2) is 7.22. The molecule has 2 nitrogen and oxygen atoms in total. The molecule has 0 aliphatic rings. The molecule has 102 valence electrons. The van der Waals surface area contributed by atoms with Crippen LogP contribution in [0.1, 0.15) is 45.3 Å². The van der Waals surface area contributed by atoms with E-state index < -0.39 is 6.10 Å². The van der Waals surface area contributed by atoms with Gasteiger partial charge in [-0.05, 0) is 25.0 Å². The molecule has 0 aromatic heterocycles. The van der Waals surface area contributed by atoms with Gasteiger partial charge in [0.1, 0.15) is 5.75 Å². The quantitative estimate of drug-likeness (QED) is 0.811. The summed E-state index contributed by atoms with van der Waals surface area (Å²) in [5.41, 5.74) is 0.683. The van der Waals surface area contributed by atoms with Crippen molar-refractivity contribution in [2.24, 2.45) is 5.92 Å². The maximum atomic E-state index is 10.4. The molecule has 0 heterocycles. The van der Waals surface area contributed by atoms with E-state index in [-0.39, 0.29) is 5.92 Å². The van der Waals surface area contributed by atoms with Crippen molar-refractivity contribution in [3.8, 4) is 5.75 Å². The SMILES string of the molecule is CCOc1c(Cl)cc(Cl)cc1C(O)C(CC)CC. The number of aliphatic hydroxyl groups excluding tert-OH is 1. The Morgan fingerprint density at radius 3 is 2.28 bits per heavy atom. The third-order valence-corrected chi connectivity index (χ3v) is 3.64. The van der Waals surface area contributed by atoms with Gasteiger partial charge in [-0.25, -0.2) is 0 Å². The number of benzene rings is 1. The average molecular weight is 291 g/mol. The number of ether oxygens (including phenoxy) is 1. The first-order chi connectivity index (χ1) is 8.54. The monoisotopic (exact) mass is 290 g/mol. The van der Waals surface area contributed by atoms with Crippen LogP contribution in [0.3, 0.4) is 0 Å². The molecule has 1 rings (SSSR count). The van der Waals surface area contributed by atoms with Crippen LogP contribution < -0.4 is 4.74 Å². The topological polar surface area (TPSA) is 29.5 Å². The predicted octanol–water partition coefficient (Wildman–Crippen LogP) is 4.86. The molecular weight excluding hydrogens is 271 g/mol. The summed E-state index contributed by atoms with van der Waals surface area (Å²) in [6.45, 7) is 6.51. The summed E-state index contributed by atoms with van der Waals surface area (Å²) in [5, 5.41) is 11.4. The Balaban J connectivity index is 3.19. The number of hydrogen-bond acceptors (Lipinski definition) is 2. The van der Waals surface area contributed by atoms with Gasteiger partial charge in [0.05, 0.1) is 17.7 Å². The maximum Gasteiger partial charge on any atom is 0.143 e. The van der Waals surface area contributed by atoms with E-state index in [9.17, 15) is 5.11 Å². The molecule has 0 fully saturated rings. The lowest BCUT2D eigenvalue weighted by Crippen LogP contribution is -2.13. The van der Waals surface area contributed by atoms with Crippen LogP contribution in [-0.4, -0.2) is 11.7 Å². The van der Waals surface area contributed by atoms with Gasteiger partial charge in [0.25, 0.3) is 0 Å². The summed E-state index contributed by atoms with van der Waals surface area (Å²) in [5.74, 6) is 0.724. The molecular formula is C14H20Cl2O2. The Hall–Kier alpha value is -0.440. The lowest BCUT2D eigenvalue weighted by atomic mass is 9.91. The number of halogens is 2. The lowest BCUT2D eigenvalue weighted by molar-refractivity contribution is 0.0997. The van der Waals surface area contributed by atoms with Gasteiger partial charge in [0.2, 0.25) is 0 Å². The van der Waals surface area contributed by atoms with Crippen molar-refractivity contribution in [1.82, 2.24) is 0 Å². The van der Waals surface area contributed by atoms with Crippen LogP contribution in [0.4, 0.5) is 0 Å². The molecule has 1 atom stereocenters. The Bertz CT molecular complexity index is 390. The third kappa shape index (κ3) is 3.53. The summed E-state index contributed by atoms with van der Waals surface area (Å²) in [6.07, 6.45) is 1.19. The van der Waals surface area contributed by atoms with E-state index in [1.807, 2.05) is 6.92 Å². The van der Waals surface area contributed by atoms with E-state index in [0.717, 1.165) is 12.8 Å². The Morgan fingerprint density at radius 1 is 1.17 bits per heavy atom. The van der Waals surface area contributed by atoms with Crippen LogP contribution in [0.2, 0.25) is 10.0 Å². The summed E-state index contributed by atoms with van der Waals surface area (Å²) < 4.78 is 5.53. The average Bonchev–Trinajstić information content (AvgIpc) is 2.33. The normalized spacial score (nSPS) is 12.8. The van der Waals surface area contributed by atoms with Crippen molar-refractivity contribution >= 4 is 23.2 Å². The highest BCUT2D eigenvalue weighted by atomic mass is 35.5. The molecule has 1 aromatic rings. The van der Waals surface area contributed by atoms with E-state index in [1.54, 1.807) is 12.1 Å². The molecule has 1 N–H and O–H groups in total. The van der Waals surface area contributed by atoms with Crippen LogP contribution >= 0.6 is 23.2 Å². The van der Waals surface area contributed by atoms with Crippen LogP contribution in [0.5, 0.6) is 5.75 Å². The van der Waals surface area contributed by atoms with Gasteiger partial charge >= 0.3 is 0 Å². The highest BCUT2D eigenvalue weighted by Gasteiger charge is 2.23. The molecule has 4 heteroatoms. The molecule has 0 aliphatic carbocycles. The molecule has 0 bridgehead atoms. The smallest absolute Gasteiger partial charge is 0.143 e. The Kier molecular flexibility index (Phi) is 6.27. The van der Waals surface area contributed by atoms with E-state index in [0.29, 0.717) is 28.0 Å². The number of rotatable bonds is 6. The minimum Gasteiger partial charge on any atom is -0.492 e. The van der Waals surface area contributed by atoms with Gasteiger partial charge in [-0.3, -0.25) is 0 Å². The van der Waals surface area contributed by atoms with E-state index in [2.05, 4.69) is 13.8 Å². The fourth-order valence-electron chi connectivity index (χ4n) is 2.09. The van der Waals surface area contributed by atoms with Gasteiger partial charge < -0.3 is 9.84 Å². The lowest BCUT2D eigenvalue weighted by Gasteiger charge is -2.23. The molecule has 0 saturated heterocycles. The molecule has 1 aromatic carbocycles. The summed E-state index contributed by atoms with van der Waals surface area (Å²) in [7, 11) is 0. The van der Waals surface area contributed by atoms with Crippen molar-refractivity contribution in [2.45, 2.75) is 39.7 Å². The zero-order valence-electron chi connectivity index (χ0n) is 11.0. The Labute approximate surface area is 119 Å². The Morgan fingerprint density at radius 2 is 1.78 bits per heavy atom. The highest BCUT2D eigenvalue weighted by molar-refractivity contribution is 6.35. The van der Waals surface area contributed by atoms with Gasteiger partial charge in [-0.15, -0.1) is 0 Å². The van der Waals surface area contributed by atoms with Crippen molar-refractivity contribution in [2.75, 3.05) is 6.61 Å². The van der Waals surface area contributed by atoms with Crippen LogP contribution in [0.15, 0.2) is 12.1 Å². The fourth-order valence-corrected chi connectivity index (χ4v) is 2.65. The first kappa shape index (κ1) is 15.6. The summed E-state index contributed by atoms with van der Waals surface area (Å²) >= 11 is 12.1. The highest BCUT2D eigenvalue weighted by Crippen LogP contribution is 2.39. The summed E-state index contributed by atoms with van der Waals surface area (Å²) in [4.78, 5) is 0. The van der Waals surface area contributed by atoms with Crippen molar-refractivity contribution < 1.29 is 9.84 Å². The van der Waals surface area contributed by atoms with Gasteiger partial charge in [-0.2, -0.15) is 0 Å². The van der Waals surface area contributed by atoms with E-state index in [4.69, 9.17) is 27.9 Å². The van der Waals surface area contributed by atoms with Gasteiger partial charge in [-0.1, -0.05) is 49.9 Å². The molecule has 0 spiro atoms. The first-order valence-corrected chi connectivity index (χ1v) is 7.10. The van der Waals surface area contributed by atoms with Crippen molar-refractivity contribution in [1.29, 1.82) is 0 Å². The predicted molar refractivity (Wildman–Crippen MR) is 76.7 cm³/mol. The van der Waals surface area contributed by atoms with Crippen molar-refractivity contribution in [3.63, 3.8) is 0 Å². The minimum absolute atomic E-state index is 0.179. The van der Waals surface area contributed by atoms with Crippen LogP contribution in [-0.2, 0) is 0 Å². The second-order valence-electron chi connectivity index (χ2n) is 4.26. The van der Waals surface area contributed by atoms with Gasteiger partial charge in [0, 0.05) is 10.6 Å². The fraction of sp³-hybridized carbons (Fsp3) is 0.571. The number of hydrogen-bond donors (Lipinski definition) is 1. The van der Waals surface area contributed by atoms with E-state index >= 15 is 0 Å². The van der Waals surface area contributed by atoms with Gasteiger partial charge in [0.15, 0.2) is 0 Å². The molecule has 18 heavy (non-hydrogen) atoms. The summed E-state index contributed by atoms with van der Waals surface area (Å²) in [6, 6.07) is 3.37. The molecule has 0 amide bonds. The first-order valence-electron chi connectivity index (χ1n) is 6.34. The zero-order chi connectivity index (χ0) is 13.7. The number of aliphatic hydroxyl groups is 1. The molecule has 1 unspecified atom stereocenters. The molecule has 0 saturated carbocycles. The van der Waals surface area contributed by atoms with Crippen LogP contribution in [0, 0.1) is 5.92 Å². The molecule has 0 radical (unpaired) electrons.